The molecule has 0 aromatic carbocycles. The standard InChI is InChI=1S/C11H12BrClN2O2/c12-8-5-9(13)10(14-6-8)15-3-1-7(2-4-15)11(16)17/h5-7H,1-4H2,(H,16,17). The molecular formula is C11H12BrClN2O2. The molecule has 0 atom stereocenters. The average Bonchev–Trinajstić information content (AvgIpc) is 2.29. The van der Waals surface area contributed by atoms with Crippen molar-refractivity contribution in [1.82, 2.24) is 4.98 Å². The van der Waals surface area contributed by atoms with E-state index in [0.717, 1.165) is 10.3 Å². The first-order valence-electron chi connectivity index (χ1n) is 5.36. The van der Waals surface area contributed by atoms with Crippen molar-refractivity contribution in [3.63, 3.8) is 0 Å². The van der Waals surface area contributed by atoms with Crippen molar-refractivity contribution >= 4 is 39.3 Å². The SMILES string of the molecule is O=C(O)C1CCN(c2ncc(Br)cc2Cl)CC1. The lowest BCUT2D eigenvalue weighted by Crippen LogP contribution is -2.36. The number of nitrogens with zero attached hydrogens (tertiary/aromatic N) is 2. The molecule has 0 unspecified atom stereocenters. The summed E-state index contributed by atoms with van der Waals surface area (Å²) in [7, 11) is 0. The molecule has 1 aliphatic heterocycles. The van der Waals surface area contributed by atoms with Gasteiger partial charge in [-0.1, -0.05) is 11.6 Å². The van der Waals surface area contributed by atoms with E-state index < -0.39 is 5.97 Å². The number of aliphatic carboxylic acids is 1. The number of rotatable bonds is 2. The number of hydrogen-bond acceptors (Lipinski definition) is 3. The summed E-state index contributed by atoms with van der Waals surface area (Å²) in [6.45, 7) is 1.37. The van der Waals surface area contributed by atoms with Crippen LogP contribution in [0.25, 0.3) is 0 Å². The molecule has 92 valence electrons. The van der Waals surface area contributed by atoms with Gasteiger partial charge in [-0.05, 0) is 34.8 Å². The number of carboxylic acids is 1. The van der Waals surface area contributed by atoms with Crippen LogP contribution in [0.5, 0.6) is 0 Å². The van der Waals surface area contributed by atoms with Gasteiger partial charge in [-0.25, -0.2) is 4.98 Å². The molecule has 1 aromatic heterocycles. The normalized spacial score (nSPS) is 17.2. The van der Waals surface area contributed by atoms with E-state index in [-0.39, 0.29) is 5.92 Å². The van der Waals surface area contributed by atoms with E-state index in [1.54, 1.807) is 12.3 Å². The van der Waals surface area contributed by atoms with Crippen LogP contribution in [-0.4, -0.2) is 29.1 Å². The van der Waals surface area contributed by atoms with Gasteiger partial charge in [-0.3, -0.25) is 4.79 Å². The number of aromatic nitrogens is 1. The van der Waals surface area contributed by atoms with Gasteiger partial charge in [0.1, 0.15) is 5.82 Å². The third-order valence-corrected chi connectivity index (χ3v) is 3.64. The van der Waals surface area contributed by atoms with Gasteiger partial charge in [0.05, 0.1) is 10.9 Å². The highest BCUT2D eigenvalue weighted by molar-refractivity contribution is 9.10. The van der Waals surface area contributed by atoms with Crippen molar-refractivity contribution in [2.75, 3.05) is 18.0 Å². The Morgan fingerprint density at radius 3 is 2.71 bits per heavy atom. The summed E-state index contributed by atoms with van der Waals surface area (Å²) in [5.41, 5.74) is 0. The van der Waals surface area contributed by atoms with Crippen LogP contribution in [0.4, 0.5) is 5.82 Å². The van der Waals surface area contributed by atoms with Gasteiger partial charge in [0.2, 0.25) is 0 Å². The van der Waals surface area contributed by atoms with E-state index >= 15 is 0 Å². The fourth-order valence-electron chi connectivity index (χ4n) is 1.98. The summed E-state index contributed by atoms with van der Waals surface area (Å²) in [6.07, 6.45) is 2.98. The largest absolute Gasteiger partial charge is 0.481 e. The molecule has 6 heteroatoms. The second-order valence-corrected chi connectivity index (χ2v) is 5.38. The maximum absolute atomic E-state index is 10.8. The lowest BCUT2D eigenvalue weighted by molar-refractivity contribution is -0.142. The molecule has 2 rings (SSSR count). The maximum Gasteiger partial charge on any atom is 0.306 e. The molecule has 1 aliphatic rings. The number of carboxylic acid groups (broad SMARTS) is 1. The van der Waals surface area contributed by atoms with Crippen LogP contribution >= 0.6 is 27.5 Å². The van der Waals surface area contributed by atoms with Crippen molar-refractivity contribution in [3.8, 4) is 0 Å². The molecule has 1 N–H and O–H groups in total. The summed E-state index contributed by atoms with van der Waals surface area (Å²) in [4.78, 5) is 17.1. The monoisotopic (exact) mass is 318 g/mol. The number of halogens is 2. The summed E-state index contributed by atoms with van der Waals surface area (Å²) in [6, 6.07) is 1.80. The molecule has 1 fully saturated rings. The van der Waals surface area contributed by atoms with Crippen molar-refractivity contribution in [3.05, 3.63) is 21.8 Å². The minimum Gasteiger partial charge on any atom is -0.481 e. The number of piperidine rings is 1. The molecule has 0 bridgehead atoms. The van der Waals surface area contributed by atoms with E-state index in [1.807, 2.05) is 4.90 Å². The number of carbonyl (C=O) groups is 1. The second-order valence-electron chi connectivity index (χ2n) is 4.06. The molecule has 0 amide bonds. The Morgan fingerprint density at radius 2 is 2.18 bits per heavy atom. The maximum atomic E-state index is 10.8. The van der Waals surface area contributed by atoms with Crippen LogP contribution < -0.4 is 4.90 Å². The Hall–Kier alpha value is -0.810. The molecule has 1 saturated heterocycles. The van der Waals surface area contributed by atoms with Crippen LogP contribution in [0.1, 0.15) is 12.8 Å². The lowest BCUT2D eigenvalue weighted by atomic mass is 9.97. The van der Waals surface area contributed by atoms with Gasteiger partial charge in [0.15, 0.2) is 0 Å². The molecule has 17 heavy (non-hydrogen) atoms. The van der Waals surface area contributed by atoms with E-state index in [0.29, 0.717) is 31.0 Å². The van der Waals surface area contributed by atoms with Crippen molar-refractivity contribution in [2.24, 2.45) is 5.92 Å². The fraction of sp³-hybridized carbons (Fsp3) is 0.455. The Balaban J connectivity index is 2.08. The fourth-order valence-corrected chi connectivity index (χ4v) is 2.73. The smallest absolute Gasteiger partial charge is 0.306 e. The highest BCUT2D eigenvalue weighted by Crippen LogP contribution is 2.29. The van der Waals surface area contributed by atoms with E-state index in [4.69, 9.17) is 16.7 Å². The Kier molecular flexibility index (Phi) is 3.89. The third-order valence-electron chi connectivity index (χ3n) is 2.93. The second kappa shape index (κ2) is 5.23. The first-order chi connectivity index (χ1) is 8.08. The van der Waals surface area contributed by atoms with Gasteiger partial charge >= 0.3 is 5.97 Å². The Labute approximate surface area is 113 Å². The van der Waals surface area contributed by atoms with Crippen molar-refractivity contribution in [1.29, 1.82) is 0 Å². The molecule has 0 saturated carbocycles. The van der Waals surface area contributed by atoms with Gasteiger partial charge in [0, 0.05) is 23.8 Å². The van der Waals surface area contributed by atoms with Crippen LogP contribution in [0.3, 0.4) is 0 Å². The summed E-state index contributed by atoms with van der Waals surface area (Å²) in [5.74, 6) is -0.210. The van der Waals surface area contributed by atoms with E-state index in [1.165, 1.54) is 0 Å². The first-order valence-corrected chi connectivity index (χ1v) is 6.54. The van der Waals surface area contributed by atoms with Crippen LogP contribution in [0.2, 0.25) is 5.02 Å². The number of anilines is 1. The van der Waals surface area contributed by atoms with Crippen LogP contribution in [0.15, 0.2) is 16.7 Å². The summed E-state index contributed by atoms with van der Waals surface area (Å²) in [5, 5.41) is 9.51. The Bertz CT molecular complexity index is 433. The summed E-state index contributed by atoms with van der Waals surface area (Å²) < 4.78 is 0.840. The number of hydrogen-bond donors (Lipinski definition) is 1. The quantitative estimate of drug-likeness (QED) is 0.911. The molecule has 1 aromatic rings. The van der Waals surface area contributed by atoms with E-state index in [9.17, 15) is 4.79 Å². The lowest BCUT2D eigenvalue weighted by Gasteiger charge is -2.31. The van der Waals surface area contributed by atoms with Gasteiger partial charge in [0.25, 0.3) is 0 Å². The minimum atomic E-state index is -0.709. The number of pyridine rings is 1. The van der Waals surface area contributed by atoms with Crippen molar-refractivity contribution in [2.45, 2.75) is 12.8 Å². The predicted molar refractivity (Wildman–Crippen MR) is 69.5 cm³/mol. The topological polar surface area (TPSA) is 53.4 Å². The molecule has 0 aliphatic carbocycles. The zero-order valence-electron chi connectivity index (χ0n) is 9.07. The summed E-state index contributed by atoms with van der Waals surface area (Å²) >= 11 is 9.42. The first kappa shape index (κ1) is 12.6. The zero-order valence-corrected chi connectivity index (χ0v) is 11.4. The third kappa shape index (κ3) is 2.90. The highest BCUT2D eigenvalue weighted by atomic mass is 79.9. The molecule has 0 spiro atoms. The van der Waals surface area contributed by atoms with Gasteiger partial charge in [-0.2, -0.15) is 0 Å². The average molecular weight is 320 g/mol. The molecule has 2 heterocycles. The zero-order chi connectivity index (χ0) is 12.4. The minimum absolute atomic E-state index is 0.236. The predicted octanol–water partition coefficient (Wildman–Crippen LogP) is 2.80. The molecule has 4 nitrogen and oxygen atoms in total. The van der Waals surface area contributed by atoms with Crippen molar-refractivity contribution < 1.29 is 9.90 Å². The van der Waals surface area contributed by atoms with Crippen LogP contribution in [0, 0.1) is 5.92 Å². The molecule has 0 radical (unpaired) electrons. The highest BCUT2D eigenvalue weighted by Gasteiger charge is 2.25. The van der Waals surface area contributed by atoms with E-state index in [2.05, 4.69) is 20.9 Å². The Morgan fingerprint density at radius 1 is 1.53 bits per heavy atom. The molecular weight excluding hydrogens is 307 g/mol. The van der Waals surface area contributed by atoms with Crippen LogP contribution in [-0.2, 0) is 4.79 Å². The van der Waals surface area contributed by atoms with Gasteiger partial charge in [-0.15, -0.1) is 0 Å². The van der Waals surface area contributed by atoms with Gasteiger partial charge < -0.3 is 10.0 Å².